The first-order chi connectivity index (χ1) is 17.9. The number of hydrogen-bond donors (Lipinski definition) is 2. The average molecular weight is 543 g/mol. The summed E-state index contributed by atoms with van der Waals surface area (Å²) in [6, 6.07) is 16.7. The number of carbonyl (C=O) groups is 2. The van der Waals surface area contributed by atoms with Crippen molar-refractivity contribution in [3.63, 3.8) is 0 Å². The van der Waals surface area contributed by atoms with Crippen molar-refractivity contribution in [2.45, 2.75) is 11.3 Å². The molecule has 0 unspecified atom stereocenters. The standard InChI is InChI=1S/C25H16F3N3O6S/c26-25(27,28)37-18-5-3-4-17(12-18)30-21(32)14-31-22(23(33)16-10-8-15(13-29)9-11-16)24(34)19-6-1-2-7-20(19)38(31,35)36/h1-12,33H,14H2,(H,30,32). The van der Waals surface area contributed by atoms with Gasteiger partial charge in [-0.25, -0.2) is 12.7 Å². The van der Waals surface area contributed by atoms with Gasteiger partial charge in [0.25, 0.3) is 10.0 Å². The minimum Gasteiger partial charge on any atom is -0.505 e. The summed E-state index contributed by atoms with van der Waals surface area (Å²) in [4.78, 5) is 25.8. The number of anilines is 1. The summed E-state index contributed by atoms with van der Waals surface area (Å²) in [6.07, 6.45) is -4.97. The number of halogens is 3. The Morgan fingerprint density at radius 2 is 1.74 bits per heavy atom. The molecule has 194 valence electrons. The van der Waals surface area contributed by atoms with E-state index in [1.165, 1.54) is 60.7 Å². The Morgan fingerprint density at radius 3 is 2.39 bits per heavy atom. The Bertz CT molecular complexity index is 1610. The molecule has 0 aliphatic carbocycles. The van der Waals surface area contributed by atoms with Crippen molar-refractivity contribution in [2.75, 3.05) is 11.9 Å². The first kappa shape index (κ1) is 26.2. The number of aliphatic hydroxyl groups is 1. The minimum atomic E-state index is -4.97. The summed E-state index contributed by atoms with van der Waals surface area (Å²) in [5.74, 6) is -3.28. The number of nitriles is 1. The van der Waals surface area contributed by atoms with Gasteiger partial charge in [0, 0.05) is 22.9 Å². The van der Waals surface area contributed by atoms with Crippen molar-refractivity contribution < 1.29 is 41.0 Å². The zero-order valence-corrected chi connectivity index (χ0v) is 19.9. The number of Topliss-reactive ketones (excluding diaryl/α,β-unsaturated/α-hetero) is 1. The lowest BCUT2D eigenvalue weighted by molar-refractivity contribution is -0.274. The van der Waals surface area contributed by atoms with Crippen LogP contribution in [-0.2, 0) is 14.8 Å². The second-order valence-corrected chi connectivity index (χ2v) is 9.68. The summed E-state index contributed by atoms with van der Waals surface area (Å²) < 4.78 is 68.7. The molecule has 4 rings (SSSR count). The first-order valence-corrected chi connectivity index (χ1v) is 12.1. The molecule has 1 aliphatic rings. The SMILES string of the molecule is N#Cc1ccc(C(O)=C2C(=O)c3ccccc3S(=O)(=O)N2CC(=O)Nc2cccc(OC(F)(F)F)c2)cc1. The van der Waals surface area contributed by atoms with Gasteiger partial charge in [0.05, 0.1) is 16.5 Å². The molecule has 0 fully saturated rings. The first-order valence-electron chi connectivity index (χ1n) is 10.7. The number of ether oxygens (including phenoxy) is 1. The highest BCUT2D eigenvalue weighted by molar-refractivity contribution is 7.89. The molecule has 0 spiro atoms. The summed E-state index contributed by atoms with van der Waals surface area (Å²) in [5.41, 5.74) is -0.828. The number of nitrogens with one attached hydrogen (secondary N) is 1. The largest absolute Gasteiger partial charge is 0.573 e. The van der Waals surface area contributed by atoms with Crippen LogP contribution in [0, 0.1) is 11.3 Å². The maximum absolute atomic E-state index is 13.5. The highest BCUT2D eigenvalue weighted by Crippen LogP contribution is 2.35. The molecule has 1 aliphatic heterocycles. The van der Waals surface area contributed by atoms with Gasteiger partial charge in [-0.1, -0.05) is 18.2 Å². The van der Waals surface area contributed by atoms with Crippen LogP contribution in [0.25, 0.3) is 5.76 Å². The Balaban J connectivity index is 1.74. The highest BCUT2D eigenvalue weighted by Gasteiger charge is 2.42. The van der Waals surface area contributed by atoms with Crippen LogP contribution < -0.4 is 10.1 Å². The van der Waals surface area contributed by atoms with Gasteiger partial charge in [0.15, 0.2) is 5.76 Å². The van der Waals surface area contributed by atoms with Crippen LogP contribution in [0.1, 0.15) is 21.5 Å². The number of rotatable bonds is 5. The van der Waals surface area contributed by atoms with Gasteiger partial charge < -0.3 is 15.2 Å². The number of benzene rings is 3. The van der Waals surface area contributed by atoms with Gasteiger partial charge in [-0.3, -0.25) is 9.59 Å². The summed E-state index contributed by atoms with van der Waals surface area (Å²) in [5, 5.41) is 22.2. The lowest BCUT2D eigenvalue weighted by Crippen LogP contribution is -2.43. The van der Waals surface area contributed by atoms with Crippen molar-refractivity contribution in [2.24, 2.45) is 0 Å². The van der Waals surface area contributed by atoms with Crippen LogP contribution in [0.5, 0.6) is 5.75 Å². The molecule has 0 atom stereocenters. The number of hydrogen-bond acceptors (Lipinski definition) is 7. The van der Waals surface area contributed by atoms with E-state index in [-0.39, 0.29) is 22.4 Å². The third kappa shape index (κ3) is 5.30. The zero-order valence-electron chi connectivity index (χ0n) is 19.1. The molecule has 0 bridgehead atoms. The molecule has 0 saturated heterocycles. The number of amides is 1. The van der Waals surface area contributed by atoms with Gasteiger partial charge in [0.2, 0.25) is 11.7 Å². The van der Waals surface area contributed by atoms with E-state index >= 15 is 0 Å². The highest BCUT2D eigenvalue weighted by atomic mass is 32.2. The maximum Gasteiger partial charge on any atom is 0.573 e. The number of alkyl halides is 3. The van der Waals surface area contributed by atoms with E-state index in [1.807, 2.05) is 6.07 Å². The number of allylic oxidation sites excluding steroid dienone is 1. The second-order valence-electron chi connectivity index (χ2n) is 7.85. The van der Waals surface area contributed by atoms with Crippen LogP contribution in [0.4, 0.5) is 18.9 Å². The molecule has 3 aromatic rings. The predicted molar refractivity (Wildman–Crippen MR) is 127 cm³/mol. The molecule has 38 heavy (non-hydrogen) atoms. The van der Waals surface area contributed by atoms with Crippen LogP contribution in [-0.4, -0.2) is 42.4 Å². The Hall–Kier alpha value is -4.83. The van der Waals surface area contributed by atoms with Crippen molar-refractivity contribution >= 4 is 33.2 Å². The quantitative estimate of drug-likeness (QED) is 0.363. The number of carbonyl (C=O) groups excluding carboxylic acids is 2. The van der Waals surface area contributed by atoms with Gasteiger partial charge in [-0.15, -0.1) is 13.2 Å². The van der Waals surface area contributed by atoms with Crippen LogP contribution in [0.15, 0.2) is 83.4 Å². The molecular weight excluding hydrogens is 527 g/mol. The molecule has 3 aromatic carbocycles. The van der Waals surface area contributed by atoms with Crippen molar-refractivity contribution in [3.05, 3.63) is 95.2 Å². The van der Waals surface area contributed by atoms with E-state index in [2.05, 4.69) is 10.1 Å². The van der Waals surface area contributed by atoms with Gasteiger partial charge in [0.1, 0.15) is 18.0 Å². The fourth-order valence-electron chi connectivity index (χ4n) is 3.69. The lowest BCUT2D eigenvalue weighted by Gasteiger charge is -2.31. The Morgan fingerprint density at radius 1 is 1.05 bits per heavy atom. The van der Waals surface area contributed by atoms with Crippen LogP contribution >= 0.6 is 0 Å². The van der Waals surface area contributed by atoms with Gasteiger partial charge >= 0.3 is 6.36 Å². The molecule has 0 radical (unpaired) electrons. The van der Waals surface area contributed by atoms with Gasteiger partial charge in [-0.2, -0.15) is 5.26 Å². The van der Waals surface area contributed by atoms with Crippen LogP contribution in [0.2, 0.25) is 0 Å². The normalized spacial score (nSPS) is 15.7. The Kier molecular flexibility index (Phi) is 6.84. The number of ketones is 1. The second kappa shape index (κ2) is 9.91. The molecule has 13 heteroatoms. The van der Waals surface area contributed by atoms with E-state index < -0.39 is 56.7 Å². The zero-order chi connectivity index (χ0) is 27.7. The molecule has 1 heterocycles. The van der Waals surface area contributed by atoms with Crippen molar-refractivity contribution in [3.8, 4) is 11.8 Å². The Labute approximate surface area is 214 Å². The molecular formula is C25H16F3N3O6S. The molecule has 0 saturated carbocycles. The third-order valence-electron chi connectivity index (χ3n) is 5.31. The van der Waals surface area contributed by atoms with Crippen molar-refractivity contribution in [1.82, 2.24) is 4.31 Å². The maximum atomic E-state index is 13.5. The fraction of sp³-hybridized carbons (Fsp3) is 0.0800. The lowest BCUT2D eigenvalue weighted by atomic mass is 10.0. The van der Waals surface area contributed by atoms with E-state index in [0.717, 1.165) is 12.1 Å². The summed E-state index contributed by atoms with van der Waals surface area (Å²) in [6.45, 7) is -0.998. The topological polar surface area (TPSA) is 137 Å². The summed E-state index contributed by atoms with van der Waals surface area (Å²) >= 11 is 0. The summed E-state index contributed by atoms with van der Waals surface area (Å²) in [7, 11) is -4.54. The third-order valence-corrected chi connectivity index (χ3v) is 7.12. The average Bonchev–Trinajstić information content (AvgIpc) is 2.86. The molecule has 0 aromatic heterocycles. The monoisotopic (exact) mass is 543 g/mol. The molecule has 9 nitrogen and oxygen atoms in total. The predicted octanol–water partition coefficient (Wildman–Crippen LogP) is 4.21. The van der Waals surface area contributed by atoms with E-state index in [0.29, 0.717) is 4.31 Å². The van der Waals surface area contributed by atoms with E-state index in [4.69, 9.17) is 5.26 Å². The van der Waals surface area contributed by atoms with Gasteiger partial charge in [-0.05, 0) is 48.5 Å². The van der Waals surface area contributed by atoms with E-state index in [9.17, 15) is 36.3 Å². The van der Waals surface area contributed by atoms with E-state index in [1.54, 1.807) is 0 Å². The van der Waals surface area contributed by atoms with Crippen LogP contribution in [0.3, 0.4) is 0 Å². The molecule has 2 N–H and O–H groups in total. The smallest absolute Gasteiger partial charge is 0.505 e. The number of fused-ring (bicyclic) bond motifs is 1. The minimum absolute atomic E-state index is 0.00402. The molecule has 1 amide bonds. The number of nitrogens with zero attached hydrogens (tertiary/aromatic N) is 2. The number of sulfonamides is 1. The fourth-order valence-corrected chi connectivity index (χ4v) is 5.31. The van der Waals surface area contributed by atoms with Crippen molar-refractivity contribution in [1.29, 1.82) is 5.26 Å². The number of aliphatic hydroxyl groups excluding tert-OH is 1.